The molecule has 0 bridgehead atoms. The highest BCUT2D eigenvalue weighted by Gasteiger charge is 2.31. The first-order valence-electron chi connectivity index (χ1n) is 5.51. The number of rotatable bonds is 5. The van der Waals surface area contributed by atoms with Crippen LogP contribution >= 0.6 is 0 Å². The van der Waals surface area contributed by atoms with Gasteiger partial charge < -0.3 is 0 Å². The first kappa shape index (κ1) is 11.9. The van der Waals surface area contributed by atoms with E-state index in [2.05, 4.69) is 12.2 Å². The zero-order chi connectivity index (χ0) is 11.3. The number of hydrogen-bond acceptors (Lipinski definition) is 3. The lowest BCUT2D eigenvalue weighted by Gasteiger charge is -2.19. The number of amides is 2. The Kier molecular flexibility index (Phi) is 4.46. The maximum atomic E-state index is 11.6. The van der Waals surface area contributed by atoms with Gasteiger partial charge in [0, 0.05) is 12.8 Å². The summed E-state index contributed by atoms with van der Waals surface area (Å²) in [4.78, 5) is 33.8. The van der Waals surface area contributed by atoms with E-state index in [4.69, 9.17) is 0 Å². The van der Waals surface area contributed by atoms with E-state index in [1.165, 1.54) is 0 Å². The van der Waals surface area contributed by atoms with E-state index in [9.17, 15) is 14.4 Å². The van der Waals surface area contributed by atoms with Gasteiger partial charge in [-0.25, -0.2) is 0 Å². The van der Waals surface area contributed by atoms with Crippen LogP contribution in [0.25, 0.3) is 0 Å². The third-order valence-electron chi connectivity index (χ3n) is 2.65. The lowest BCUT2D eigenvalue weighted by Crippen LogP contribution is -2.43. The largest absolute Gasteiger partial charge is 0.299 e. The molecule has 1 atom stereocenters. The van der Waals surface area contributed by atoms with Gasteiger partial charge in [-0.05, 0) is 12.8 Å². The number of hydrogen-bond donors (Lipinski definition) is 1. The molecule has 0 aromatic rings. The van der Waals surface area contributed by atoms with E-state index < -0.39 is 11.8 Å². The van der Waals surface area contributed by atoms with Crippen LogP contribution in [0, 0.1) is 5.92 Å². The van der Waals surface area contributed by atoms with Gasteiger partial charge in [0.2, 0.25) is 11.8 Å². The molecule has 15 heavy (non-hydrogen) atoms. The molecular formula is C11H17NO3. The van der Waals surface area contributed by atoms with Crippen LogP contribution in [0.1, 0.15) is 45.4 Å². The fourth-order valence-electron chi connectivity index (χ4n) is 1.72. The lowest BCUT2D eigenvalue weighted by atomic mass is 9.91. The second-order valence-corrected chi connectivity index (χ2v) is 3.93. The van der Waals surface area contributed by atoms with Gasteiger partial charge in [-0.3, -0.25) is 19.7 Å². The Morgan fingerprint density at radius 3 is 2.73 bits per heavy atom. The number of carbonyl (C=O) groups excluding carboxylic acids is 3. The summed E-state index contributed by atoms with van der Waals surface area (Å²) < 4.78 is 0. The molecule has 1 heterocycles. The van der Waals surface area contributed by atoms with Gasteiger partial charge in [-0.1, -0.05) is 19.8 Å². The van der Waals surface area contributed by atoms with E-state index in [1.807, 2.05) is 0 Å². The molecule has 0 spiro atoms. The first-order chi connectivity index (χ1) is 7.15. The highest BCUT2D eigenvalue weighted by molar-refractivity contribution is 6.09. The van der Waals surface area contributed by atoms with Crippen LogP contribution in [0.5, 0.6) is 0 Å². The minimum Gasteiger partial charge on any atom is -0.299 e. The van der Waals surface area contributed by atoms with Crippen molar-refractivity contribution in [1.29, 1.82) is 0 Å². The number of piperidine rings is 1. The maximum Gasteiger partial charge on any atom is 0.237 e. The monoisotopic (exact) mass is 211 g/mol. The first-order valence-corrected chi connectivity index (χ1v) is 5.51. The second-order valence-electron chi connectivity index (χ2n) is 3.93. The maximum absolute atomic E-state index is 11.6. The summed E-state index contributed by atoms with van der Waals surface area (Å²) in [5.74, 6) is -1.28. The summed E-state index contributed by atoms with van der Waals surface area (Å²) in [6.45, 7) is 2.07. The Balaban J connectivity index is 2.39. The summed E-state index contributed by atoms with van der Waals surface area (Å²) >= 11 is 0. The molecule has 1 rings (SSSR count). The Morgan fingerprint density at radius 2 is 2.13 bits per heavy atom. The number of imide groups is 1. The van der Waals surface area contributed by atoms with Crippen LogP contribution in [0.2, 0.25) is 0 Å². The van der Waals surface area contributed by atoms with Gasteiger partial charge in [0.05, 0.1) is 5.92 Å². The minimum atomic E-state index is -0.584. The fourth-order valence-corrected chi connectivity index (χ4v) is 1.72. The Hall–Kier alpha value is -1.19. The molecule has 1 aliphatic rings. The molecule has 0 saturated carbocycles. The number of unbranched alkanes of at least 4 members (excludes halogenated alkanes) is 2. The van der Waals surface area contributed by atoms with Gasteiger partial charge in [-0.2, -0.15) is 0 Å². The molecular weight excluding hydrogens is 194 g/mol. The van der Waals surface area contributed by atoms with Crippen molar-refractivity contribution < 1.29 is 14.4 Å². The SMILES string of the molecule is CCCCCC(=O)C1CCC(=O)NC1=O. The Labute approximate surface area is 89.4 Å². The normalized spacial score (nSPS) is 21.3. The quantitative estimate of drug-likeness (QED) is 0.422. The molecule has 1 fully saturated rings. The highest BCUT2D eigenvalue weighted by Crippen LogP contribution is 2.16. The van der Waals surface area contributed by atoms with Crippen molar-refractivity contribution >= 4 is 17.6 Å². The van der Waals surface area contributed by atoms with Crippen LogP contribution < -0.4 is 5.32 Å². The second kappa shape index (κ2) is 5.63. The van der Waals surface area contributed by atoms with Crippen LogP contribution in [0.4, 0.5) is 0 Å². The van der Waals surface area contributed by atoms with Crippen LogP contribution in [-0.4, -0.2) is 17.6 Å². The van der Waals surface area contributed by atoms with Crippen molar-refractivity contribution in [3.63, 3.8) is 0 Å². The van der Waals surface area contributed by atoms with E-state index in [-0.39, 0.29) is 18.1 Å². The summed E-state index contributed by atoms with van der Waals surface area (Å²) in [5.41, 5.74) is 0. The van der Waals surface area contributed by atoms with E-state index in [1.54, 1.807) is 0 Å². The van der Waals surface area contributed by atoms with E-state index in [0.29, 0.717) is 12.8 Å². The molecule has 1 unspecified atom stereocenters. The van der Waals surface area contributed by atoms with Gasteiger partial charge >= 0.3 is 0 Å². The molecule has 2 amide bonds. The summed E-state index contributed by atoms with van der Waals surface area (Å²) in [6.07, 6.45) is 4.04. The molecule has 1 aliphatic heterocycles. The molecule has 1 saturated heterocycles. The summed E-state index contributed by atoms with van der Waals surface area (Å²) in [5, 5.41) is 2.20. The summed E-state index contributed by atoms with van der Waals surface area (Å²) in [7, 11) is 0. The number of nitrogens with one attached hydrogen (secondary N) is 1. The van der Waals surface area contributed by atoms with E-state index in [0.717, 1.165) is 19.3 Å². The molecule has 84 valence electrons. The minimum absolute atomic E-state index is 0.0200. The molecule has 0 radical (unpaired) electrons. The van der Waals surface area contributed by atoms with Crippen LogP contribution in [0.3, 0.4) is 0 Å². The molecule has 0 aromatic carbocycles. The number of ketones is 1. The topological polar surface area (TPSA) is 63.2 Å². The zero-order valence-electron chi connectivity index (χ0n) is 9.04. The number of carbonyl (C=O) groups is 3. The van der Waals surface area contributed by atoms with Gasteiger partial charge in [0.25, 0.3) is 0 Å². The average Bonchev–Trinajstić information content (AvgIpc) is 2.17. The third-order valence-corrected chi connectivity index (χ3v) is 2.65. The van der Waals surface area contributed by atoms with Crippen molar-refractivity contribution in [2.24, 2.45) is 5.92 Å². The van der Waals surface area contributed by atoms with Crippen molar-refractivity contribution in [2.45, 2.75) is 45.4 Å². The summed E-state index contributed by atoms with van der Waals surface area (Å²) in [6, 6.07) is 0. The molecule has 1 N–H and O–H groups in total. The van der Waals surface area contributed by atoms with Crippen LogP contribution in [-0.2, 0) is 14.4 Å². The molecule has 0 aliphatic carbocycles. The van der Waals surface area contributed by atoms with Gasteiger partial charge in [-0.15, -0.1) is 0 Å². The van der Waals surface area contributed by atoms with Crippen molar-refractivity contribution in [3.8, 4) is 0 Å². The Morgan fingerprint density at radius 1 is 1.40 bits per heavy atom. The van der Waals surface area contributed by atoms with Crippen LogP contribution in [0.15, 0.2) is 0 Å². The van der Waals surface area contributed by atoms with Crippen molar-refractivity contribution in [2.75, 3.05) is 0 Å². The van der Waals surface area contributed by atoms with Gasteiger partial charge in [0.15, 0.2) is 0 Å². The van der Waals surface area contributed by atoms with Crippen molar-refractivity contribution in [1.82, 2.24) is 5.32 Å². The van der Waals surface area contributed by atoms with Crippen molar-refractivity contribution in [3.05, 3.63) is 0 Å². The highest BCUT2D eigenvalue weighted by atomic mass is 16.2. The molecule has 4 heteroatoms. The third kappa shape index (κ3) is 3.46. The zero-order valence-corrected chi connectivity index (χ0v) is 9.04. The molecule has 0 aromatic heterocycles. The lowest BCUT2D eigenvalue weighted by molar-refractivity contribution is -0.140. The standard InChI is InChI=1S/C11H17NO3/c1-2-3-4-5-9(13)8-6-7-10(14)12-11(8)15/h8H,2-7H2,1H3,(H,12,14,15). The predicted molar refractivity (Wildman–Crippen MR) is 55.0 cm³/mol. The molecule has 4 nitrogen and oxygen atoms in total. The number of Topliss-reactive ketones (excluding diaryl/α,β-unsaturated/α-hetero) is 1. The fraction of sp³-hybridized carbons (Fsp3) is 0.727. The Bertz CT molecular complexity index is 273. The van der Waals surface area contributed by atoms with Gasteiger partial charge in [0.1, 0.15) is 5.78 Å². The average molecular weight is 211 g/mol. The smallest absolute Gasteiger partial charge is 0.237 e. The predicted octanol–water partition coefficient (Wildman–Crippen LogP) is 1.19. The van der Waals surface area contributed by atoms with E-state index >= 15 is 0 Å².